The van der Waals surface area contributed by atoms with Crippen molar-refractivity contribution in [1.82, 2.24) is 9.91 Å². The number of aryl methyl sites for hydroxylation is 1. The molecule has 0 aromatic heterocycles. The number of likely N-dealkylation sites (tertiary alicyclic amines) is 1. The molecule has 2 N–H and O–H groups in total. The Kier molecular flexibility index (Phi) is 7.61. The van der Waals surface area contributed by atoms with Crippen LogP contribution < -0.4 is 14.9 Å². The lowest BCUT2D eigenvalue weighted by atomic mass is 9.49. The number of imide groups is 2. The summed E-state index contributed by atoms with van der Waals surface area (Å²) in [4.78, 5) is 59.7. The lowest BCUT2D eigenvalue weighted by Crippen LogP contribution is -2.53. The van der Waals surface area contributed by atoms with Crippen molar-refractivity contribution in [3.8, 4) is 17.2 Å². The van der Waals surface area contributed by atoms with Gasteiger partial charge in [0.15, 0.2) is 0 Å². The van der Waals surface area contributed by atoms with Crippen LogP contribution in [0.15, 0.2) is 78.4 Å². The third-order valence-corrected chi connectivity index (χ3v) is 10.9. The topological polar surface area (TPSA) is 125 Å². The fourth-order valence-electron chi connectivity index (χ4n) is 8.93. The Labute approximate surface area is 285 Å². The molecule has 4 aliphatic rings. The molecule has 10 nitrogen and oxygen atoms in total. The van der Waals surface area contributed by atoms with E-state index in [-0.39, 0.29) is 35.5 Å². The van der Waals surface area contributed by atoms with E-state index in [1.54, 1.807) is 0 Å². The van der Waals surface area contributed by atoms with E-state index < -0.39 is 52.4 Å². The van der Waals surface area contributed by atoms with Gasteiger partial charge in [0.1, 0.15) is 17.2 Å². The third kappa shape index (κ3) is 4.67. The Balaban J connectivity index is 1.51. The van der Waals surface area contributed by atoms with Crippen molar-refractivity contribution in [2.75, 3.05) is 19.6 Å². The van der Waals surface area contributed by atoms with Gasteiger partial charge in [-0.1, -0.05) is 59.7 Å². The highest BCUT2D eigenvalue weighted by atomic mass is 16.5. The van der Waals surface area contributed by atoms with E-state index in [4.69, 9.17) is 9.47 Å². The second kappa shape index (κ2) is 11.5. The number of hydrogen-bond donors (Lipinski definition) is 2. The molecule has 10 heteroatoms. The van der Waals surface area contributed by atoms with Crippen molar-refractivity contribution in [2.24, 2.45) is 23.7 Å². The summed E-state index contributed by atoms with van der Waals surface area (Å²) in [5.74, 6) is -4.53. The molecule has 2 aliphatic carbocycles. The zero-order valence-electron chi connectivity index (χ0n) is 28.5. The van der Waals surface area contributed by atoms with Crippen LogP contribution >= 0.6 is 0 Å². The first-order valence-electron chi connectivity index (χ1n) is 16.6. The molecule has 0 spiro atoms. The van der Waals surface area contributed by atoms with Crippen LogP contribution in [0, 0.1) is 30.6 Å². The van der Waals surface area contributed by atoms with E-state index in [0.717, 1.165) is 16.1 Å². The van der Waals surface area contributed by atoms with Gasteiger partial charge in [-0.05, 0) is 64.2 Å². The van der Waals surface area contributed by atoms with Gasteiger partial charge in [0, 0.05) is 29.2 Å². The van der Waals surface area contributed by atoms with Crippen molar-refractivity contribution in [1.29, 1.82) is 0 Å². The highest BCUT2D eigenvalue weighted by molar-refractivity contribution is 6.13. The van der Waals surface area contributed by atoms with Gasteiger partial charge in [-0.2, -0.15) is 5.01 Å². The number of allylic oxidation sites excluding steroid dienone is 2. The van der Waals surface area contributed by atoms with Crippen molar-refractivity contribution >= 4 is 29.3 Å². The number of ether oxygens (including phenoxy) is 2. The minimum atomic E-state index is -1.50. The second-order valence-corrected chi connectivity index (χ2v) is 14.5. The summed E-state index contributed by atoms with van der Waals surface area (Å²) in [5, 5.41) is 11.8. The van der Waals surface area contributed by atoms with Crippen LogP contribution in [-0.4, -0.2) is 58.4 Å². The second-order valence-electron chi connectivity index (χ2n) is 14.5. The monoisotopic (exact) mass is 663 g/mol. The van der Waals surface area contributed by atoms with Gasteiger partial charge in [-0.3, -0.25) is 29.5 Å². The fourth-order valence-corrected chi connectivity index (χ4v) is 8.93. The van der Waals surface area contributed by atoms with Crippen LogP contribution in [0.5, 0.6) is 17.2 Å². The van der Waals surface area contributed by atoms with Crippen LogP contribution in [0.25, 0.3) is 0 Å². The number of methoxy groups -OCH3 is 2. The maximum absolute atomic E-state index is 15.4. The number of carbonyl (C=O) groups excluding carboxylic acids is 4. The highest BCUT2D eigenvalue weighted by Crippen LogP contribution is 2.66. The van der Waals surface area contributed by atoms with Crippen molar-refractivity contribution in [2.45, 2.75) is 57.4 Å². The first kappa shape index (κ1) is 32.4. The molecule has 0 bridgehead atoms. The Morgan fingerprint density at radius 2 is 1.49 bits per heavy atom. The molecule has 4 amide bonds. The Bertz CT molecular complexity index is 1870. The lowest BCUT2D eigenvalue weighted by Gasteiger charge is -2.51. The number of phenolic OH excluding ortho intramolecular Hbond substituents is 1. The number of nitrogens with zero attached hydrogens (tertiary/aromatic N) is 2. The van der Waals surface area contributed by atoms with Crippen LogP contribution in [0.1, 0.15) is 56.2 Å². The zero-order valence-corrected chi connectivity index (χ0v) is 28.5. The quantitative estimate of drug-likeness (QED) is 0.262. The van der Waals surface area contributed by atoms with Gasteiger partial charge in [0.2, 0.25) is 11.8 Å². The molecule has 7 rings (SSSR count). The number of hydrazine groups is 1. The van der Waals surface area contributed by atoms with Crippen molar-refractivity contribution < 1.29 is 33.8 Å². The molecular weight excluding hydrogens is 622 g/mol. The van der Waals surface area contributed by atoms with Crippen molar-refractivity contribution in [3.05, 3.63) is 95.1 Å². The summed E-state index contributed by atoms with van der Waals surface area (Å²) < 4.78 is 11.8. The number of benzene rings is 3. The van der Waals surface area contributed by atoms with E-state index in [9.17, 15) is 19.5 Å². The van der Waals surface area contributed by atoms with Gasteiger partial charge >= 0.3 is 0 Å². The summed E-state index contributed by atoms with van der Waals surface area (Å²) in [6.07, 6.45) is 2.47. The molecule has 2 saturated heterocycles. The van der Waals surface area contributed by atoms with E-state index in [1.165, 1.54) is 31.3 Å². The summed E-state index contributed by atoms with van der Waals surface area (Å²) >= 11 is 0. The first-order valence-corrected chi connectivity index (χ1v) is 16.6. The molecule has 0 unspecified atom stereocenters. The van der Waals surface area contributed by atoms with Crippen LogP contribution in [-0.2, 0) is 24.6 Å². The van der Waals surface area contributed by atoms with Gasteiger partial charge < -0.3 is 14.6 Å². The standard InChI is InChI=1S/C39H41N3O7/c1-21-12-14-23(15-13-21)40-42-35(45)28-20-27-25(16-17-26-31(27)36(46)41(34(26)44)38(2,3)4)33(32-29(48-5)18-24(43)19-30(32)49-6)39(28,37(42)47)22-10-8-7-9-11-22/h7-16,18-19,26-28,31,33,40,43H,17,20H2,1-6H3/t26-,27+,28-,31-,33+,39+/m0/s1. The predicted octanol–water partition coefficient (Wildman–Crippen LogP) is 5.50. The fraction of sp³-hybridized carbons (Fsp3) is 0.385. The van der Waals surface area contributed by atoms with Crippen molar-refractivity contribution in [3.63, 3.8) is 0 Å². The SMILES string of the molecule is COc1cc(O)cc(OC)c1[C@H]1C2=CC[C@@H]3C(=O)N(C(C)(C)C)C(=O)[C@@H]3[C@@H]2C[C@H]2C(=O)N(Nc3ccc(C)cc3)C(=O)[C@@]12c1ccccc1. The Morgan fingerprint density at radius 3 is 2.08 bits per heavy atom. The van der Waals surface area contributed by atoms with E-state index in [0.29, 0.717) is 23.2 Å². The molecule has 49 heavy (non-hydrogen) atoms. The van der Waals surface area contributed by atoms with Crippen LogP contribution in [0.4, 0.5) is 5.69 Å². The van der Waals surface area contributed by atoms with E-state index in [1.807, 2.05) is 88.4 Å². The summed E-state index contributed by atoms with van der Waals surface area (Å²) in [6, 6.07) is 19.6. The summed E-state index contributed by atoms with van der Waals surface area (Å²) in [6.45, 7) is 7.49. The number of anilines is 1. The third-order valence-electron chi connectivity index (χ3n) is 10.9. The number of rotatable bonds is 6. The number of hydrogen-bond acceptors (Lipinski definition) is 8. The molecule has 1 saturated carbocycles. The smallest absolute Gasteiger partial charge is 0.260 e. The zero-order chi connectivity index (χ0) is 35.0. The Morgan fingerprint density at radius 1 is 0.857 bits per heavy atom. The normalized spacial score (nSPS) is 27.8. The molecule has 6 atom stereocenters. The number of nitrogens with one attached hydrogen (secondary N) is 1. The van der Waals surface area contributed by atoms with Crippen LogP contribution in [0.3, 0.4) is 0 Å². The lowest BCUT2D eigenvalue weighted by molar-refractivity contribution is -0.146. The van der Waals surface area contributed by atoms with Gasteiger partial charge in [0.25, 0.3) is 11.8 Å². The summed E-state index contributed by atoms with van der Waals surface area (Å²) in [7, 11) is 2.95. The number of carbonyl (C=O) groups is 4. The molecule has 3 aromatic rings. The molecule has 2 aliphatic heterocycles. The molecule has 2 heterocycles. The largest absolute Gasteiger partial charge is 0.508 e. The van der Waals surface area contributed by atoms with E-state index in [2.05, 4.69) is 5.43 Å². The summed E-state index contributed by atoms with van der Waals surface area (Å²) in [5.41, 5.74) is 4.35. The average molecular weight is 664 g/mol. The maximum Gasteiger partial charge on any atom is 0.260 e. The predicted molar refractivity (Wildman–Crippen MR) is 182 cm³/mol. The van der Waals surface area contributed by atoms with E-state index >= 15 is 4.79 Å². The van der Waals surface area contributed by atoms with Gasteiger partial charge in [-0.25, -0.2) is 0 Å². The molecule has 3 aromatic carbocycles. The number of amides is 4. The van der Waals surface area contributed by atoms with Gasteiger partial charge in [0.05, 0.1) is 43.1 Å². The molecule has 0 radical (unpaired) electrons. The Hall–Kier alpha value is -5.12. The minimum absolute atomic E-state index is 0.0957. The average Bonchev–Trinajstić information content (AvgIpc) is 3.47. The van der Waals surface area contributed by atoms with Gasteiger partial charge in [-0.15, -0.1) is 0 Å². The number of fused-ring (bicyclic) bond motifs is 4. The number of phenols is 1. The first-order chi connectivity index (χ1) is 23.3. The number of aromatic hydroxyl groups is 1. The minimum Gasteiger partial charge on any atom is -0.508 e. The maximum atomic E-state index is 15.4. The van der Waals surface area contributed by atoms with Crippen LogP contribution in [0.2, 0.25) is 0 Å². The molecule has 254 valence electrons. The highest BCUT2D eigenvalue weighted by Gasteiger charge is 2.71. The molecular formula is C39H41N3O7. The molecule has 3 fully saturated rings.